The van der Waals surface area contributed by atoms with Gasteiger partial charge < -0.3 is 10.3 Å². The maximum absolute atomic E-state index is 12.7. The summed E-state index contributed by atoms with van der Waals surface area (Å²) in [7, 11) is 0. The molecule has 0 fully saturated rings. The Kier molecular flexibility index (Phi) is 4.10. The Morgan fingerprint density at radius 3 is 2.63 bits per heavy atom. The van der Waals surface area contributed by atoms with E-state index in [0.29, 0.717) is 31.5 Å². The van der Waals surface area contributed by atoms with Crippen LogP contribution in [0.3, 0.4) is 0 Å². The van der Waals surface area contributed by atoms with Crippen molar-refractivity contribution in [3.05, 3.63) is 11.6 Å². The van der Waals surface area contributed by atoms with Gasteiger partial charge in [-0.15, -0.1) is 10.2 Å². The van der Waals surface area contributed by atoms with Gasteiger partial charge in [0.2, 0.25) is 5.82 Å². The van der Waals surface area contributed by atoms with Gasteiger partial charge in [-0.2, -0.15) is 13.2 Å². The molecule has 1 aromatic heterocycles. The minimum absolute atomic E-state index is 0.276. The van der Waals surface area contributed by atoms with Crippen LogP contribution in [-0.4, -0.2) is 38.8 Å². The monoisotopic (exact) mass is 277 g/mol. The maximum atomic E-state index is 12.7. The molecule has 0 spiro atoms. The number of halogens is 3. The number of hydrogen-bond donors (Lipinski definition) is 1. The van der Waals surface area contributed by atoms with E-state index in [-0.39, 0.29) is 6.54 Å². The molecule has 19 heavy (non-hydrogen) atoms. The van der Waals surface area contributed by atoms with Crippen molar-refractivity contribution < 1.29 is 13.2 Å². The first-order valence-electron chi connectivity index (χ1n) is 6.40. The van der Waals surface area contributed by atoms with Gasteiger partial charge in [0.15, 0.2) is 0 Å². The van der Waals surface area contributed by atoms with Crippen LogP contribution in [0.5, 0.6) is 0 Å². The van der Waals surface area contributed by atoms with Crippen molar-refractivity contribution >= 4 is 0 Å². The molecular formula is C11H18F3N5. The van der Waals surface area contributed by atoms with Crippen LogP contribution in [0.4, 0.5) is 13.2 Å². The van der Waals surface area contributed by atoms with Gasteiger partial charge in [-0.25, -0.2) is 0 Å². The lowest BCUT2D eigenvalue weighted by atomic mass is 10.1. The van der Waals surface area contributed by atoms with Gasteiger partial charge in [0, 0.05) is 19.1 Å². The number of hydrogen-bond acceptors (Lipinski definition) is 4. The molecule has 0 aromatic carbocycles. The average Bonchev–Trinajstić information content (AvgIpc) is 2.78. The van der Waals surface area contributed by atoms with Crippen molar-refractivity contribution in [2.24, 2.45) is 5.73 Å². The Balaban J connectivity index is 2.15. The summed E-state index contributed by atoms with van der Waals surface area (Å²) in [4.78, 5) is 2.14. The van der Waals surface area contributed by atoms with Gasteiger partial charge in [0.05, 0.1) is 6.54 Å². The summed E-state index contributed by atoms with van der Waals surface area (Å²) in [6.45, 7) is 3.89. The van der Waals surface area contributed by atoms with Gasteiger partial charge in [0.25, 0.3) is 0 Å². The fourth-order valence-electron chi connectivity index (χ4n) is 2.54. The first kappa shape index (κ1) is 14.3. The lowest BCUT2D eigenvalue weighted by Crippen LogP contribution is -2.42. The van der Waals surface area contributed by atoms with E-state index in [1.54, 1.807) is 0 Å². The van der Waals surface area contributed by atoms with Crippen molar-refractivity contribution in [2.75, 3.05) is 13.1 Å². The minimum Gasteiger partial charge on any atom is -0.330 e. The minimum atomic E-state index is -4.44. The molecule has 1 unspecified atom stereocenters. The Hall–Kier alpha value is -1.15. The fraction of sp³-hybridized carbons (Fsp3) is 0.818. The molecule has 2 heterocycles. The highest BCUT2D eigenvalue weighted by Gasteiger charge is 2.39. The number of rotatable bonds is 4. The van der Waals surface area contributed by atoms with E-state index < -0.39 is 12.0 Å². The third-order valence-corrected chi connectivity index (χ3v) is 3.52. The fourth-order valence-corrected chi connectivity index (χ4v) is 2.54. The molecule has 1 aliphatic rings. The molecule has 1 aromatic rings. The van der Waals surface area contributed by atoms with Gasteiger partial charge in [0.1, 0.15) is 5.82 Å². The molecule has 2 N–H and O–H groups in total. The van der Waals surface area contributed by atoms with Gasteiger partial charge in [-0.3, -0.25) is 4.90 Å². The van der Waals surface area contributed by atoms with Gasteiger partial charge in [-0.05, 0) is 19.4 Å². The van der Waals surface area contributed by atoms with Crippen molar-refractivity contribution in [1.82, 2.24) is 19.7 Å². The van der Waals surface area contributed by atoms with Crippen molar-refractivity contribution in [3.63, 3.8) is 0 Å². The van der Waals surface area contributed by atoms with Crippen molar-refractivity contribution in [3.8, 4) is 0 Å². The second-order valence-electron chi connectivity index (χ2n) is 4.70. The molecule has 0 aliphatic carbocycles. The van der Waals surface area contributed by atoms with Crippen LogP contribution in [0.15, 0.2) is 0 Å². The Bertz CT molecular complexity index is 428. The number of aromatic nitrogens is 3. The first-order chi connectivity index (χ1) is 8.97. The van der Waals surface area contributed by atoms with Crippen LogP contribution >= 0.6 is 0 Å². The quantitative estimate of drug-likeness (QED) is 0.899. The summed E-state index contributed by atoms with van der Waals surface area (Å²) < 4.78 is 39.3. The van der Waals surface area contributed by atoms with Crippen LogP contribution in [0.25, 0.3) is 0 Å². The number of alkyl halides is 3. The molecule has 0 saturated carbocycles. The molecule has 8 heteroatoms. The van der Waals surface area contributed by atoms with E-state index in [9.17, 15) is 13.2 Å². The summed E-state index contributed by atoms with van der Waals surface area (Å²) >= 11 is 0. The molecule has 108 valence electrons. The lowest BCUT2D eigenvalue weighted by Gasteiger charge is -2.34. The van der Waals surface area contributed by atoms with E-state index in [1.165, 1.54) is 4.57 Å². The summed E-state index contributed by atoms with van der Waals surface area (Å²) in [5.41, 5.74) is 5.56. The summed E-state index contributed by atoms with van der Waals surface area (Å²) in [6, 6.07) is 0.296. The molecular weight excluding hydrogens is 259 g/mol. The van der Waals surface area contributed by atoms with E-state index in [1.807, 2.05) is 0 Å². The second kappa shape index (κ2) is 5.46. The van der Waals surface area contributed by atoms with Crippen molar-refractivity contribution in [2.45, 2.75) is 45.1 Å². The predicted molar refractivity (Wildman–Crippen MR) is 63.2 cm³/mol. The molecule has 5 nitrogen and oxygen atoms in total. The van der Waals surface area contributed by atoms with Crippen LogP contribution in [0.2, 0.25) is 0 Å². The third kappa shape index (κ3) is 2.89. The predicted octanol–water partition coefficient (Wildman–Crippen LogP) is 1.24. The first-order valence-corrected chi connectivity index (χ1v) is 6.40. The van der Waals surface area contributed by atoms with Crippen LogP contribution in [-0.2, 0) is 19.3 Å². The van der Waals surface area contributed by atoms with Crippen molar-refractivity contribution in [1.29, 1.82) is 0 Å². The van der Waals surface area contributed by atoms with Crippen LogP contribution < -0.4 is 5.73 Å². The van der Waals surface area contributed by atoms with Gasteiger partial charge in [-0.1, -0.05) is 6.92 Å². The van der Waals surface area contributed by atoms with E-state index >= 15 is 0 Å². The van der Waals surface area contributed by atoms with E-state index in [4.69, 9.17) is 5.73 Å². The highest BCUT2D eigenvalue weighted by molar-refractivity contribution is 5.02. The molecule has 0 amide bonds. The number of nitrogens with zero attached hydrogens (tertiary/aromatic N) is 4. The zero-order chi connectivity index (χ0) is 14.0. The third-order valence-electron chi connectivity index (χ3n) is 3.52. The standard InChI is InChI=1S/C11H18F3N5/c1-2-8(3-4-15)18-5-6-19-9(7-18)16-17-10(19)11(12,13)14/h8H,2-7,15H2,1H3. The molecule has 0 bridgehead atoms. The topological polar surface area (TPSA) is 60.0 Å². The molecule has 0 radical (unpaired) electrons. The molecule has 2 rings (SSSR count). The zero-order valence-corrected chi connectivity index (χ0v) is 10.8. The summed E-state index contributed by atoms with van der Waals surface area (Å²) in [6.07, 6.45) is -2.66. The molecule has 0 saturated heterocycles. The maximum Gasteiger partial charge on any atom is 0.451 e. The second-order valence-corrected chi connectivity index (χ2v) is 4.70. The lowest BCUT2D eigenvalue weighted by molar-refractivity contribution is -0.148. The Morgan fingerprint density at radius 2 is 2.05 bits per heavy atom. The number of nitrogens with two attached hydrogens (primary N) is 1. The SMILES string of the molecule is CCC(CCN)N1CCn2c(nnc2C(F)(F)F)C1. The summed E-state index contributed by atoms with van der Waals surface area (Å²) in [5, 5.41) is 6.94. The highest BCUT2D eigenvalue weighted by Crippen LogP contribution is 2.29. The van der Waals surface area contributed by atoms with Crippen LogP contribution in [0, 0.1) is 0 Å². The smallest absolute Gasteiger partial charge is 0.330 e. The average molecular weight is 277 g/mol. The zero-order valence-electron chi connectivity index (χ0n) is 10.8. The summed E-state index contributed by atoms with van der Waals surface area (Å²) in [5.74, 6) is -0.511. The van der Waals surface area contributed by atoms with E-state index in [0.717, 1.165) is 12.8 Å². The Morgan fingerprint density at radius 1 is 1.32 bits per heavy atom. The Labute approximate surface area is 109 Å². The van der Waals surface area contributed by atoms with E-state index in [2.05, 4.69) is 22.0 Å². The molecule has 1 aliphatic heterocycles. The normalized spacial score (nSPS) is 18.4. The van der Waals surface area contributed by atoms with Gasteiger partial charge >= 0.3 is 6.18 Å². The highest BCUT2D eigenvalue weighted by atomic mass is 19.4. The largest absolute Gasteiger partial charge is 0.451 e. The number of fused-ring (bicyclic) bond motifs is 1. The molecule has 1 atom stereocenters. The van der Waals surface area contributed by atoms with Crippen LogP contribution in [0.1, 0.15) is 31.4 Å².